The quantitative estimate of drug-likeness (QED) is 0.796. The molecule has 1 fully saturated rings. The number of rotatable bonds is 2. The van der Waals surface area contributed by atoms with Gasteiger partial charge in [-0.15, -0.1) is 0 Å². The van der Waals surface area contributed by atoms with E-state index >= 15 is 0 Å². The summed E-state index contributed by atoms with van der Waals surface area (Å²) in [6, 6.07) is 0. The van der Waals surface area contributed by atoms with Crippen LogP contribution in [0.4, 0.5) is 0 Å². The molecule has 4 nitrogen and oxygen atoms in total. The zero-order valence-electron chi connectivity index (χ0n) is 11.9. The van der Waals surface area contributed by atoms with Crippen LogP contribution in [0.3, 0.4) is 0 Å². The predicted octanol–water partition coefficient (Wildman–Crippen LogP) is 3.40. The van der Waals surface area contributed by atoms with Crippen LogP contribution in [0.5, 0.6) is 0 Å². The smallest absolute Gasteiger partial charge is 0.303 e. The van der Waals surface area contributed by atoms with E-state index in [0.717, 1.165) is 25.7 Å². The van der Waals surface area contributed by atoms with Gasteiger partial charge in [-0.2, -0.15) is 0 Å². The minimum atomic E-state index is -0.833. The Kier molecular flexibility index (Phi) is 6.96. The Morgan fingerprint density at radius 1 is 1.06 bits per heavy atom. The molecule has 0 aromatic carbocycles. The van der Waals surface area contributed by atoms with Crippen molar-refractivity contribution in [3.63, 3.8) is 0 Å². The van der Waals surface area contributed by atoms with E-state index in [9.17, 15) is 4.79 Å². The Morgan fingerprint density at radius 3 is 1.72 bits per heavy atom. The monoisotopic (exact) mass is 258 g/mol. The van der Waals surface area contributed by atoms with Crippen molar-refractivity contribution < 1.29 is 19.8 Å². The first-order valence-electron chi connectivity index (χ1n) is 6.54. The van der Waals surface area contributed by atoms with Gasteiger partial charge in [-0.1, -0.05) is 20.8 Å². The predicted molar refractivity (Wildman–Crippen MR) is 70.5 cm³/mol. The molecule has 0 saturated heterocycles. The molecule has 1 aliphatic carbocycles. The maximum absolute atomic E-state index is 10.5. The molecule has 106 valence electrons. The molecule has 2 N–H and O–H groups in total. The summed E-state index contributed by atoms with van der Waals surface area (Å²) in [6.07, 6.45) is 5.00. The van der Waals surface area contributed by atoms with Crippen LogP contribution in [0.1, 0.15) is 59.8 Å². The number of carboxylic acid groups (broad SMARTS) is 2. The molecule has 0 amide bonds. The van der Waals surface area contributed by atoms with E-state index in [1.165, 1.54) is 12.8 Å². The van der Waals surface area contributed by atoms with Crippen molar-refractivity contribution in [1.82, 2.24) is 0 Å². The first-order valence-corrected chi connectivity index (χ1v) is 6.54. The number of carbonyl (C=O) groups is 2. The van der Waals surface area contributed by atoms with Crippen LogP contribution in [-0.4, -0.2) is 22.2 Å². The van der Waals surface area contributed by atoms with Crippen molar-refractivity contribution in [2.24, 2.45) is 17.3 Å². The molecule has 0 aromatic heterocycles. The van der Waals surface area contributed by atoms with Crippen LogP contribution < -0.4 is 0 Å². The third-order valence-electron chi connectivity index (χ3n) is 3.53. The van der Waals surface area contributed by atoms with Crippen LogP contribution in [-0.2, 0) is 9.59 Å². The maximum atomic E-state index is 10.5. The molecule has 0 radical (unpaired) electrons. The van der Waals surface area contributed by atoms with E-state index in [1.807, 2.05) is 0 Å². The third-order valence-corrected chi connectivity index (χ3v) is 3.53. The molecule has 1 rings (SSSR count). The lowest BCUT2D eigenvalue weighted by molar-refractivity contribution is -0.138. The van der Waals surface area contributed by atoms with Gasteiger partial charge in [-0.3, -0.25) is 9.59 Å². The highest BCUT2D eigenvalue weighted by Crippen LogP contribution is 2.40. The number of carboxylic acids is 2. The summed E-state index contributed by atoms with van der Waals surface area (Å²) in [5.74, 6) is -0.247. The molecule has 4 heteroatoms. The lowest BCUT2D eigenvalue weighted by Gasteiger charge is -2.36. The molecule has 0 atom stereocenters. The van der Waals surface area contributed by atoms with Gasteiger partial charge in [-0.05, 0) is 42.9 Å². The Labute approximate surface area is 109 Å². The fraction of sp³-hybridized carbons (Fsp3) is 0.857. The van der Waals surface area contributed by atoms with Gasteiger partial charge in [-0.25, -0.2) is 0 Å². The van der Waals surface area contributed by atoms with Crippen molar-refractivity contribution in [2.75, 3.05) is 0 Å². The van der Waals surface area contributed by atoms with Crippen LogP contribution in [0, 0.1) is 17.3 Å². The van der Waals surface area contributed by atoms with E-state index in [2.05, 4.69) is 20.8 Å². The molecule has 18 heavy (non-hydrogen) atoms. The van der Waals surface area contributed by atoms with Crippen LogP contribution in [0.25, 0.3) is 0 Å². The van der Waals surface area contributed by atoms with Crippen molar-refractivity contribution >= 4 is 11.9 Å². The van der Waals surface area contributed by atoms with Crippen molar-refractivity contribution in [3.05, 3.63) is 0 Å². The lowest BCUT2D eigenvalue weighted by Crippen LogP contribution is -2.26. The van der Waals surface area contributed by atoms with E-state index in [0.29, 0.717) is 17.8 Å². The van der Waals surface area contributed by atoms with E-state index in [4.69, 9.17) is 15.0 Å². The lowest BCUT2D eigenvalue weighted by atomic mass is 9.69. The highest BCUT2D eigenvalue weighted by Gasteiger charge is 2.30. The minimum absolute atomic E-state index is 0.372. The summed E-state index contributed by atoms with van der Waals surface area (Å²) in [5, 5.41) is 16.1. The number of hydrogen-bond donors (Lipinski definition) is 2. The maximum Gasteiger partial charge on any atom is 0.303 e. The van der Waals surface area contributed by atoms with E-state index in [-0.39, 0.29) is 0 Å². The fourth-order valence-electron chi connectivity index (χ4n) is 2.48. The van der Waals surface area contributed by atoms with Gasteiger partial charge in [0.1, 0.15) is 0 Å². The van der Waals surface area contributed by atoms with Crippen molar-refractivity contribution in [1.29, 1.82) is 0 Å². The molecular weight excluding hydrogens is 232 g/mol. The summed E-state index contributed by atoms with van der Waals surface area (Å²) < 4.78 is 0. The number of aliphatic carboxylic acids is 2. The second-order valence-electron chi connectivity index (χ2n) is 6.20. The molecule has 0 aliphatic heterocycles. The average Bonchev–Trinajstić information content (AvgIpc) is 2.14. The molecule has 1 aliphatic rings. The largest absolute Gasteiger partial charge is 0.481 e. The summed E-state index contributed by atoms with van der Waals surface area (Å²) in [7, 11) is 0. The third kappa shape index (κ3) is 8.09. The first-order chi connectivity index (χ1) is 8.12. The molecular formula is C14H26O4. The molecule has 0 aromatic rings. The van der Waals surface area contributed by atoms with Gasteiger partial charge in [0.05, 0.1) is 0 Å². The zero-order chi connectivity index (χ0) is 14.3. The highest BCUT2D eigenvalue weighted by molar-refractivity contribution is 5.67. The SMILES string of the molecule is CC(=O)O.CC(C)(C)C1CCC(CC(=O)O)CC1. The topological polar surface area (TPSA) is 74.6 Å². The Bertz CT molecular complexity index is 266. The van der Waals surface area contributed by atoms with Crippen LogP contribution >= 0.6 is 0 Å². The Hall–Kier alpha value is -1.06. The van der Waals surface area contributed by atoms with Crippen LogP contribution in [0.15, 0.2) is 0 Å². The number of hydrogen-bond acceptors (Lipinski definition) is 2. The highest BCUT2D eigenvalue weighted by atomic mass is 16.4. The van der Waals surface area contributed by atoms with Crippen molar-refractivity contribution in [2.45, 2.75) is 59.8 Å². The molecule has 0 unspecified atom stereocenters. The first kappa shape index (κ1) is 16.9. The Morgan fingerprint density at radius 2 is 1.44 bits per heavy atom. The van der Waals surface area contributed by atoms with Gasteiger partial charge < -0.3 is 10.2 Å². The summed E-state index contributed by atoms with van der Waals surface area (Å²) >= 11 is 0. The summed E-state index contributed by atoms with van der Waals surface area (Å²) in [5.41, 5.74) is 0.397. The molecule has 0 heterocycles. The van der Waals surface area contributed by atoms with Gasteiger partial charge in [0.15, 0.2) is 0 Å². The van der Waals surface area contributed by atoms with E-state index in [1.54, 1.807) is 0 Å². The van der Waals surface area contributed by atoms with Gasteiger partial charge >= 0.3 is 5.97 Å². The fourth-order valence-corrected chi connectivity index (χ4v) is 2.48. The van der Waals surface area contributed by atoms with Gasteiger partial charge in [0.25, 0.3) is 5.97 Å². The normalized spacial score (nSPS) is 23.8. The van der Waals surface area contributed by atoms with Gasteiger partial charge in [0.2, 0.25) is 0 Å². The second kappa shape index (κ2) is 7.39. The Balaban J connectivity index is 0.000000631. The zero-order valence-corrected chi connectivity index (χ0v) is 11.9. The van der Waals surface area contributed by atoms with E-state index < -0.39 is 11.9 Å². The summed E-state index contributed by atoms with van der Waals surface area (Å²) in [6.45, 7) is 7.94. The molecule has 1 saturated carbocycles. The molecule has 0 bridgehead atoms. The average molecular weight is 258 g/mol. The van der Waals surface area contributed by atoms with Crippen molar-refractivity contribution in [3.8, 4) is 0 Å². The summed E-state index contributed by atoms with van der Waals surface area (Å²) in [4.78, 5) is 19.5. The standard InChI is InChI=1S/C12H22O2.C2H4O2/c1-12(2,3)10-6-4-9(5-7-10)8-11(13)14;1-2(3)4/h9-10H,4-8H2,1-3H3,(H,13,14);1H3,(H,3,4). The molecule has 0 spiro atoms. The minimum Gasteiger partial charge on any atom is -0.481 e. The van der Waals surface area contributed by atoms with Crippen LogP contribution in [0.2, 0.25) is 0 Å². The second-order valence-corrected chi connectivity index (χ2v) is 6.20. The van der Waals surface area contributed by atoms with Gasteiger partial charge in [0, 0.05) is 13.3 Å².